The second-order valence-electron chi connectivity index (χ2n) is 9.52. The number of para-hydroxylation sites is 2. The Bertz CT molecular complexity index is 1910. The number of nitrogens with zero attached hydrogens (tertiary/aromatic N) is 1. The van der Waals surface area contributed by atoms with Gasteiger partial charge in [-0.2, -0.15) is 0 Å². The van der Waals surface area contributed by atoms with Gasteiger partial charge in [0, 0.05) is 15.8 Å². The molecule has 0 aliphatic rings. The third kappa shape index (κ3) is 3.86. The van der Waals surface area contributed by atoms with Crippen molar-refractivity contribution in [1.29, 1.82) is 0 Å². The maximum atomic E-state index is 3.78. The Hall–Kier alpha value is -4.40. The minimum atomic E-state index is 1.05. The van der Waals surface area contributed by atoms with Crippen LogP contribution < -0.4 is 4.90 Å². The predicted molar refractivity (Wildman–Crippen MR) is 167 cm³/mol. The van der Waals surface area contributed by atoms with Crippen LogP contribution in [0.1, 0.15) is 0 Å². The SMILES string of the molecule is Brc1ccccc1N(c1ccccc1)c1cccc(-c2ccc3c4ccccc4c4ccccc4c3c2)c1. The fraction of sp³-hybridized carbons (Fsp3) is 0. The van der Waals surface area contributed by atoms with Crippen molar-refractivity contribution >= 4 is 65.3 Å². The van der Waals surface area contributed by atoms with Crippen LogP contribution in [0.4, 0.5) is 17.1 Å². The Balaban J connectivity index is 1.43. The maximum Gasteiger partial charge on any atom is 0.0603 e. The van der Waals surface area contributed by atoms with E-state index in [2.05, 4.69) is 166 Å². The van der Waals surface area contributed by atoms with E-state index in [1.807, 2.05) is 0 Å². The number of anilines is 3. The van der Waals surface area contributed by atoms with Crippen molar-refractivity contribution in [3.05, 3.63) is 150 Å². The van der Waals surface area contributed by atoms with E-state index < -0.39 is 0 Å². The van der Waals surface area contributed by atoms with Crippen LogP contribution in [0.2, 0.25) is 0 Å². The number of halogens is 1. The monoisotopic (exact) mass is 549 g/mol. The van der Waals surface area contributed by atoms with Crippen molar-refractivity contribution in [3.8, 4) is 11.1 Å². The lowest BCUT2D eigenvalue weighted by Gasteiger charge is -2.27. The van der Waals surface area contributed by atoms with Gasteiger partial charge in [0.15, 0.2) is 0 Å². The van der Waals surface area contributed by atoms with Gasteiger partial charge >= 0.3 is 0 Å². The first kappa shape index (κ1) is 22.8. The van der Waals surface area contributed by atoms with Gasteiger partial charge in [0.1, 0.15) is 0 Å². The van der Waals surface area contributed by atoms with E-state index in [0.717, 1.165) is 21.5 Å². The molecular formula is C36H24BrN. The molecule has 0 N–H and O–H groups in total. The first-order valence-electron chi connectivity index (χ1n) is 12.8. The van der Waals surface area contributed by atoms with E-state index >= 15 is 0 Å². The molecule has 7 rings (SSSR count). The minimum Gasteiger partial charge on any atom is -0.309 e. The molecule has 0 spiro atoms. The molecule has 0 aliphatic carbocycles. The van der Waals surface area contributed by atoms with Crippen molar-refractivity contribution in [2.75, 3.05) is 4.90 Å². The molecule has 7 aromatic carbocycles. The van der Waals surface area contributed by atoms with Gasteiger partial charge in [-0.05, 0) is 102 Å². The lowest BCUT2D eigenvalue weighted by Crippen LogP contribution is -2.10. The molecule has 0 atom stereocenters. The van der Waals surface area contributed by atoms with Crippen molar-refractivity contribution in [1.82, 2.24) is 0 Å². The molecule has 0 fully saturated rings. The highest BCUT2D eigenvalue weighted by Gasteiger charge is 2.16. The van der Waals surface area contributed by atoms with Gasteiger partial charge in [-0.1, -0.05) is 103 Å². The second-order valence-corrected chi connectivity index (χ2v) is 10.4. The molecule has 2 heteroatoms. The third-order valence-corrected chi connectivity index (χ3v) is 7.96. The average molecular weight is 550 g/mol. The van der Waals surface area contributed by atoms with Crippen molar-refractivity contribution < 1.29 is 0 Å². The minimum absolute atomic E-state index is 1.05. The van der Waals surface area contributed by atoms with E-state index in [1.165, 1.54) is 43.4 Å². The van der Waals surface area contributed by atoms with Crippen LogP contribution in [0.5, 0.6) is 0 Å². The summed E-state index contributed by atoms with van der Waals surface area (Å²) in [6, 6.07) is 52.1. The van der Waals surface area contributed by atoms with E-state index in [0.29, 0.717) is 0 Å². The zero-order valence-electron chi connectivity index (χ0n) is 20.7. The Labute approximate surface area is 230 Å². The summed E-state index contributed by atoms with van der Waals surface area (Å²) in [6.45, 7) is 0. The molecule has 0 saturated carbocycles. The fourth-order valence-electron chi connectivity index (χ4n) is 5.55. The van der Waals surface area contributed by atoms with Gasteiger partial charge in [0.25, 0.3) is 0 Å². The van der Waals surface area contributed by atoms with Crippen LogP contribution in [0.3, 0.4) is 0 Å². The Morgan fingerprint density at radius 3 is 1.58 bits per heavy atom. The largest absolute Gasteiger partial charge is 0.309 e. The summed E-state index contributed by atoms with van der Waals surface area (Å²) in [5, 5.41) is 7.76. The summed E-state index contributed by atoms with van der Waals surface area (Å²) in [7, 11) is 0. The quantitative estimate of drug-likeness (QED) is 0.197. The van der Waals surface area contributed by atoms with E-state index in [4.69, 9.17) is 0 Å². The number of fused-ring (bicyclic) bond motifs is 6. The lowest BCUT2D eigenvalue weighted by atomic mass is 9.92. The summed E-state index contributed by atoms with van der Waals surface area (Å²) in [5.41, 5.74) is 5.73. The van der Waals surface area contributed by atoms with Crippen LogP contribution in [0, 0.1) is 0 Å². The smallest absolute Gasteiger partial charge is 0.0603 e. The topological polar surface area (TPSA) is 3.24 Å². The van der Waals surface area contributed by atoms with Crippen molar-refractivity contribution in [3.63, 3.8) is 0 Å². The zero-order valence-corrected chi connectivity index (χ0v) is 22.3. The van der Waals surface area contributed by atoms with Gasteiger partial charge in [0.05, 0.1) is 5.69 Å². The highest BCUT2D eigenvalue weighted by Crippen LogP contribution is 2.41. The Morgan fingerprint density at radius 2 is 0.895 bits per heavy atom. The number of hydrogen-bond acceptors (Lipinski definition) is 1. The standard InChI is InChI=1S/C36H24BrN/c37-35-19-8-9-20-36(35)38(27-12-2-1-3-13-27)28-14-10-11-25(23-28)26-21-22-33-31-17-5-4-15-29(31)30-16-6-7-18-32(30)34(33)24-26/h1-24H. The molecule has 0 aliphatic heterocycles. The summed E-state index contributed by atoms with van der Waals surface area (Å²) >= 11 is 3.78. The van der Waals surface area contributed by atoms with Crippen molar-refractivity contribution in [2.45, 2.75) is 0 Å². The van der Waals surface area contributed by atoms with E-state index in [1.54, 1.807) is 0 Å². The first-order chi connectivity index (χ1) is 18.8. The number of benzene rings is 7. The van der Waals surface area contributed by atoms with E-state index in [9.17, 15) is 0 Å². The van der Waals surface area contributed by atoms with Crippen LogP contribution in [-0.2, 0) is 0 Å². The molecule has 0 saturated heterocycles. The van der Waals surface area contributed by atoms with Gasteiger partial charge < -0.3 is 4.90 Å². The highest BCUT2D eigenvalue weighted by atomic mass is 79.9. The lowest BCUT2D eigenvalue weighted by molar-refractivity contribution is 1.27. The molecular weight excluding hydrogens is 526 g/mol. The number of rotatable bonds is 4. The summed E-state index contributed by atoms with van der Waals surface area (Å²) in [6.07, 6.45) is 0. The van der Waals surface area contributed by atoms with E-state index in [-0.39, 0.29) is 0 Å². The number of hydrogen-bond donors (Lipinski definition) is 0. The highest BCUT2D eigenvalue weighted by molar-refractivity contribution is 9.10. The van der Waals surface area contributed by atoms with Crippen LogP contribution in [0.25, 0.3) is 43.4 Å². The van der Waals surface area contributed by atoms with Gasteiger partial charge in [-0.3, -0.25) is 0 Å². The molecule has 0 bridgehead atoms. The first-order valence-corrected chi connectivity index (χ1v) is 13.6. The molecule has 0 unspecified atom stereocenters. The Kier molecular flexibility index (Phi) is 5.68. The summed E-state index contributed by atoms with van der Waals surface area (Å²) in [4.78, 5) is 2.30. The Morgan fingerprint density at radius 1 is 0.368 bits per heavy atom. The molecule has 180 valence electrons. The van der Waals surface area contributed by atoms with Crippen LogP contribution in [-0.4, -0.2) is 0 Å². The third-order valence-electron chi connectivity index (χ3n) is 7.29. The van der Waals surface area contributed by atoms with Gasteiger partial charge in [-0.25, -0.2) is 0 Å². The average Bonchev–Trinajstić information content (AvgIpc) is 2.99. The molecule has 0 heterocycles. The fourth-order valence-corrected chi connectivity index (χ4v) is 6.01. The van der Waals surface area contributed by atoms with Crippen LogP contribution in [0.15, 0.2) is 150 Å². The molecule has 7 aromatic rings. The van der Waals surface area contributed by atoms with Gasteiger partial charge in [-0.15, -0.1) is 0 Å². The summed E-state index contributed by atoms with van der Waals surface area (Å²) in [5.74, 6) is 0. The molecule has 0 aromatic heterocycles. The zero-order chi connectivity index (χ0) is 25.5. The maximum absolute atomic E-state index is 3.78. The predicted octanol–water partition coefficient (Wildman–Crippen LogP) is 11.0. The summed E-state index contributed by atoms with van der Waals surface area (Å²) < 4.78 is 1.05. The van der Waals surface area contributed by atoms with Gasteiger partial charge in [0.2, 0.25) is 0 Å². The molecule has 38 heavy (non-hydrogen) atoms. The molecule has 0 radical (unpaired) electrons. The molecule has 0 amide bonds. The second kappa shape index (κ2) is 9.48. The normalized spacial score (nSPS) is 11.3. The van der Waals surface area contributed by atoms with Crippen molar-refractivity contribution in [2.24, 2.45) is 0 Å². The molecule has 1 nitrogen and oxygen atoms in total. The van der Waals surface area contributed by atoms with Crippen LogP contribution >= 0.6 is 15.9 Å².